The highest BCUT2D eigenvalue weighted by Gasteiger charge is 2.48. The minimum Gasteiger partial charge on any atom is -0.444 e. The van der Waals surface area contributed by atoms with Crippen molar-refractivity contribution in [1.82, 2.24) is 4.90 Å². The number of nitrogens with one attached hydrogen (secondary N) is 1. The highest BCUT2D eigenvalue weighted by molar-refractivity contribution is 6.14. The topological polar surface area (TPSA) is 84.9 Å². The lowest BCUT2D eigenvalue weighted by molar-refractivity contribution is -0.121. The number of para-hydroxylation sites is 1. The number of carbonyl (C=O) groups excluding carboxylic acids is 3. The fourth-order valence-corrected chi connectivity index (χ4v) is 3.40. The summed E-state index contributed by atoms with van der Waals surface area (Å²) in [5.41, 5.74) is -0.473. The molecule has 0 aliphatic carbocycles. The maximum atomic E-state index is 13.1. The van der Waals surface area contributed by atoms with E-state index in [1.54, 1.807) is 83.1 Å². The predicted octanol–water partition coefficient (Wildman–Crippen LogP) is 4.23. The molecule has 1 aliphatic rings. The van der Waals surface area contributed by atoms with Crippen molar-refractivity contribution < 1.29 is 23.9 Å². The minimum absolute atomic E-state index is 0.0207. The Kier molecular flexibility index (Phi) is 6.18. The third kappa shape index (κ3) is 5.11. The van der Waals surface area contributed by atoms with E-state index in [9.17, 15) is 14.4 Å². The van der Waals surface area contributed by atoms with Crippen LogP contribution in [-0.4, -0.2) is 46.7 Å². The van der Waals surface area contributed by atoms with Gasteiger partial charge in [-0.25, -0.2) is 4.79 Å². The Morgan fingerprint density at radius 1 is 1.03 bits per heavy atom. The first-order valence-electron chi connectivity index (χ1n) is 10.2. The van der Waals surface area contributed by atoms with E-state index in [-0.39, 0.29) is 12.4 Å². The molecule has 1 saturated heterocycles. The molecule has 1 aliphatic heterocycles. The van der Waals surface area contributed by atoms with E-state index in [0.29, 0.717) is 16.8 Å². The quantitative estimate of drug-likeness (QED) is 0.743. The number of rotatable bonds is 4. The van der Waals surface area contributed by atoms with E-state index in [4.69, 9.17) is 9.47 Å². The van der Waals surface area contributed by atoms with Crippen LogP contribution in [-0.2, 0) is 14.3 Å². The number of amides is 2. The molecule has 164 valence electrons. The maximum Gasteiger partial charge on any atom is 0.413 e. The lowest BCUT2D eigenvalue weighted by Crippen LogP contribution is -2.53. The molecule has 1 N–H and O–H groups in total. The van der Waals surface area contributed by atoms with Gasteiger partial charge in [-0.3, -0.25) is 14.5 Å². The number of nitrogens with zero attached hydrogens (tertiary/aromatic N) is 1. The molecule has 0 unspecified atom stereocenters. The summed E-state index contributed by atoms with van der Waals surface area (Å²) in [5.74, 6) is -0.659. The molecule has 0 bridgehead atoms. The molecule has 0 saturated carbocycles. The van der Waals surface area contributed by atoms with Crippen LogP contribution in [0.2, 0.25) is 0 Å². The molecule has 0 aromatic heterocycles. The summed E-state index contributed by atoms with van der Waals surface area (Å²) in [4.78, 5) is 40.2. The number of hydrogen-bond acceptors (Lipinski definition) is 5. The van der Waals surface area contributed by atoms with Crippen LogP contribution in [0.1, 0.15) is 50.5 Å². The number of benzene rings is 2. The van der Waals surface area contributed by atoms with Crippen molar-refractivity contribution in [2.24, 2.45) is 0 Å². The first-order chi connectivity index (χ1) is 14.5. The highest BCUT2D eigenvalue weighted by atomic mass is 16.6. The molecule has 31 heavy (non-hydrogen) atoms. The van der Waals surface area contributed by atoms with Crippen molar-refractivity contribution >= 4 is 23.5 Å². The minimum atomic E-state index is -1.01. The van der Waals surface area contributed by atoms with Crippen LogP contribution in [0.3, 0.4) is 0 Å². The maximum absolute atomic E-state index is 13.1. The van der Waals surface area contributed by atoms with Crippen molar-refractivity contribution in [2.45, 2.75) is 52.0 Å². The average Bonchev–Trinajstić information content (AvgIpc) is 3.02. The molecule has 7 nitrogen and oxygen atoms in total. The molecule has 3 rings (SSSR count). The smallest absolute Gasteiger partial charge is 0.413 e. The monoisotopic (exact) mass is 424 g/mol. The van der Waals surface area contributed by atoms with Crippen LogP contribution < -0.4 is 5.32 Å². The first kappa shape index (κ1) is 22.5. The van der Waals surface area contributed by atoms with Crippen LogP contribution in [0, 0.1) is 0 Å². The number of anilines is 1. The zero-order valence-corrected chi connectivity index (χ0v) is 18.5. The number of carbonyl (C=O) groups is 3. The average molecular weight is 424 g/mol. The van der Waals surface area contributed by atoms with E-state index in [2.05, 4.69) is 5.32 Å². The van der Waals surface area contributed by atoms with Gasteiger partial charge in [0.1, 0.15) is 17.4 Å². The summed E-state index contributed by atoms with van der Waals surface area (Å²) >= 11 is 0. The Bertz CT molecular complexity index is 979. The second-order valence-corrected chi connectivity index (χ2v) is 8.85. The third-order valence-corrected chi connectivity index (χ3v) is 4.84. The third-order valence-electron chi connectivity index (χ3n) is 4.84. The standard InChI is InChI=1S/C24H28N2O5/c1-23(2,3)31-22(29)26-19(15-30-24(26,4)5)21(28)25-18-14-10-9-13-17(18)20(27)16-11-7-6-8-12-16/h6-14,19H,15H2,1-5H3,(H,25,28)/t19-/m1/s1. The van der Waals surface area contributed by atoms with Crippen LogP contribution in [0.15, 0.2) is 54.6 Å². The second-order valence-electron chi connectivity index (χ2n) is 8.85. The zero-order valence-electron chi connectivity index (χ0n) is 18.5. The second kappa shape index (κ2) is 8.51. The van der Waals surface area contributed by atoms with Gasteiger partial charge in [-0.2, -0.15) is 0 Å². The van der Waals surface area contributed by atoms with E-state index in [1.165, 1.54) is 4.90 Å². The van der Waals surface area contributed by atoms with E-state index in [0.717, 1.165) is 0 Å². The van der Waals surface area contributed by atoms with Gasteiger partial charge in [0.15, 0.2) is 5.78 Å². The Morgan fingerprint density at radius 3 is 2.29 bits per heavy atom. The van der Waals surface area contributed by atoms with Crippen molar-refractivity contribution in [3.8, 4) is 0 Å². The Morgan fingerprint density at radius 2 is 1.65 bits per heavy atom. The van der Waals surface area contributed by atoms with Gasteiger partial charge in [0.05, 0.1) is 12.3 Å². The fraction of sp³-hybridized carbons (Fsp3) is 0.375. The van der Waals surface area contributed by atoms with Gasteiger partial charge in [-0.05, 0) is 46.8 Å². The molecule has 2 aromatic rings. The van der Waals surface area contributed by atoms with Gasteiger partial charge in [0, 0.05) is 11.1 Å². The van der Waals surface area contributed by atoms with Crippen LogP contribution >= 0.6 is 0 Å². The molecule has 7 heteroatoms. The van der Waals surface area contributed by atoms with Gasteiger partial charge >= 0.3 is 6.09 Å². The largest absolute Gasteiger partial charge is 0.444 e. The van der Waals surface area contributed by atoms with E-state index in [1.807, 2.05) is 6.07 Å². The molecule has 0 radical (unpaired) electrons. The van der Waals surface area contributed by atoms with Crippen LogP contribution in [0.5, 0.6) is 0 Å². The normalized spacial score (nSPS) is 17.8. The highest BCUT2D eigenvalue weighted by Crippen LogP contribution is 2.30. The summed E-state index contributed by atoms with van der Waals surface area (Å²) < 4.78 is 11.2. The van der Waals surface area contributed by atoms with Gasteiger partial charge in [-0.1, -0.05) is 42.5 Å². The SMILES string of the molecule is CC(C)(C)OC(=O)N1[C@@H](C(=O)Nc2ccccc2C(=O)c2ccccc2)COC1(C)C. The van der Waals surface area contributed by atoms with Crippen LogP contribution in [0.4, 0.5) is 10.5 Å². The Labute approximate surface area is 182 Å². The number of ketones is 1. The summed E-state index contributed by atoms with van der Waals surface area (Å²) in [6.45, 7) is 8.71. The molecular weight excluding hydrogens is 396 g/mol. The van der Waals surface area contributed by atoms with Gasteiger partial charge < -0.3 is 14.8 Å². The number of hydrogen-bond donors (Lipinski definition) is 1. The van der Waals surface area contributed by atoms with Gasteiger partial charge in [0.2, 0.25) is 5.91 Å². The number of ether oxygens (including phenoxy) is 2. The molecule has 1 atom stereocenters. The molecule has 2 aromatic carbocycles. The first-order valence-corrected chi connectivity index (χ1v) is 10.2. The molecule has 1 fully saturated rings. The predicted molar refractivity (Wildman–Crippen MR) is 117 cm³/mol. The lowest BCUT2D eigenvalue weighted by atomic mass is 10.0. The van der Waals surface area contributed by atoms with Gasteiger partial charge in [-0.15, -0.1) is 0 Å². The summed E-state index contributed by atoms with van der Waals surface area (Å²) in [7, 11) is 0. The van der Waals surface area contributed by atoms with Crippen LogP contribution in [0.25, 0.3) is 0 Å². The molecule has 2 amide bonds. The molecule has 0 spiro atoms. The fourth-order valence-electron chi connectivity index (χ4n) is 3.40. The van der Waals surface area contributed by atoms with Crippen molar-refractivity contribution in [3.05, 3.63) is 65.7 Å². The van der Waals surface area contributed by atoms with Crippen molar-refractivity contribution in [2.75, 3.05) is 11.9 Å². The van der Waals surface area contributed by atoms with Crippen molar-refractivity contribution in [3.63, 3.8) is 0 Å². The summed E-state index contributed by atoms with van der Waals surface area (Å²) in [6, 6.07) is 14.7. The Balaban J connectivity index is 1.84. The lowest BCUT2D eigenvalue weighted by Gasteiger charge is -2.34. The van der Waals surface area contributed by atoms with Crippen molar-refractivity contribution in [1.29, 1.82) is 0 Å². The van der Waals surface area contributed by atoms with E-state index < -0.39 is 29.4 Å². The molecule has 1 heterocycles. The summed E-state index contributed by atoms with van der Waals surface area (Å²) in [6.07, 6.45) is -0.635. The zero-order chi connectivity index (χ0) is 22.8. The summed E-state index contributed by atoms with van der Waals surface area (Å²) in [5, 5.41) is 2.80. The van der Waals surface area contributed by atoms with Gasteiger partial charge in [0.25, 0.3) is 0 Å². The van der Waals surface area contributed by atoms with E-state index >= 15 is 0 Å². The Hall–Kier alpha value is -3.19. The molecular formula is C24H28N2O5.